The van der Waals surface area contributed by atoms with Crippen LogP contribution in [0.1, 0.15) is 21.5 Å². The van der Waals surface area contributed by atoms with Crippen molar-refractivity contribution in [3.63, 3.8) is 0 Å². The Morgan fingerprint density at radius 1 is 1.23 bits per heavy atom. The van der Waals surface area contributed by atoms with Crippen LogP contribution in [0.2, 0.25) is 0 Å². The largest absolute Gasteiger partial charge is 0.298 e. The number of benzene rings is 1. The van der Waals surface area contributed by atoms with Gasteiger partial charge in [0.2, 0.25) is 0 Å². The van der Waals surface area contributed by atoms with Crippen LogP contribution in [0.3, 0.4) is 0 Å². The van der Waals surface area contributed by atoms with Gasteiger partial charge in [-0.2, -0.15) is 0 Å². The van der Waals surface area contributed by atoms with Crippen LogP contribution in [0.15, 0.2) is 17.5 Å². The minimum absolute atomic E-state index is 0.844. The van der Waals surface area contributed by atoms with Crippen molar-refractivity contribution in [1.29, 1.82) is 0 Å². The summed E-state index contributed by atoms with van der Waals surface area (Å²) < 4.78 is 1.20. The summed E-state index contributed by atoms with van der Waals surface area (Å²) in [5, 5.41) is 3.22. The SMILES string of the molecule is Cc1ccc2scc(C)c2c1C=O. The van der Waals surface area contributed by atoms with Crippen molar-refractivity contribution in [3.8, 4) is 0 Å². The molecule has 0 saturated heterocycles. The van der Waals surface area contributed by atoms with E-state index in [-0.39, 0.29) is 0 Å². The van der Waals surface area contributed by atoms with Gasteiger partial charge in [-0.15, -0.1) is 11.3 Å². The van der Waals surface area contributed by atoms with Crippen LogP contribution in [-0.4, -0.2) is 6.29 Å². The van der Waals surface area contributed by atoms with Crippen molar-refractivity contribution in [2.75, 3.05) is 0 Å². The quantitative estimate of drug-likeness (QED) is 0.630. The number of aryl methyl sites for hydroxylation is 2. The Balaban J connectivity index is 2.96. The van der Waals surface area contributed by atoms with Crippen molar-refractivity contribution in [1.82, 2.24) is 0 Å². The summed E-state index contributed by atoms with van der Waals surface area (Å²) in [6, 6.07) is 4.08. The Labute approximate surface area is 81.0 Å². The van der Waals surface area contributed by atoms with Crippen molar-refractivity contribution >= 4 is 27.7 Å². The molecule has 0 saturated carbocycles. The van der Waals surface area contributed by atoms with E-state index in [1.165, 1.54) is 10.3 Å². The molecule has 0 unspecified atom stereocenters. The van der Waals surface area contributed by atoms with Gasteiger partial charge in [-0.3, -0.25) is 4.79 Å². The first-order valence-corrected chi connectivity index (χ1v) is 5.04. The molecule has 0 N–H and O–H groups in total. The van der Waals surface area contributed by atoms with E-state index in [1.54, 1.807) is 11.3 Å². The number of fused-ring (bicyclic) bond motifs is 1. The van der Waals surface area contributed by atoms with Crippen LogP contribution >= 0.6 is 11.3 Å². The number of hydrogen-bond donors (Lipinski definition) is 0. The lowest BCUT2D eigenvalue weighted by atomic mass is 10.0. The molecule has 1 heterocycles. The molecule has 66 valence electrons. The van der Waals surface area contributed by atoms with Crippen molar-refractivity contribution < 1.29 is 4.79 Å². The maximum absolute atomic E-state index is 10.9. The average Bonchev–Trinajstić information content (AvgIpc) is 2.49. The molecule has 1 nitrogen and oxygen atoms in total. The zero-order valence-electron chi connectivity index (χ0n) is 7.63. The standard InChI is InChI=1S/C11H10OS/c1-7-3-4-10-11(9(7)5-12)8(2)6-13-10/h3-6H,1-2H3. The van der Waals surface area contributed by atoms with E-state index in [0.717, 1.165) is 22.8 Å². The van der Waals surface area contributed by atoms with Crippen LogP contribution < -0.4 is 0 Å². The molecule has 1 aromatic carbocycles. The second kappa shape index (κ2) is 2.96. The highest BCUT2D eigenvalue weighted by molar-refractivity contribution is 7.17. The van der Waals surface area contributed by atoms with E-state index in [0.29, 0.717) is 0 Å². The van der Waals surface area contributed by atoms with Crippen LogP contribution in [0, 0.1) is 13.8 Å². The number of aldehydes is 1. The first-order chi connectivity index (χ1) is 6.24. The molecule has 0 aliphatic rings. The molecular weight excluding hydrogens is 180 g/mol. The van der Waals surface area contributed by atoms with Crippen LogP contribution in [0.25, 0.3) is 10.1 Å². The number of rotatable bonds is 1. The van der Waals surface area contributed by atoms with Crippen LogP contribution in [-0.2, 0) is 0 Å². The molecule has 2 aromatic rings. The van der Waals surface area contributed by atoms with Gasteiger partial charge < -0.3 is 0 Å². The molecule has 2 rings (SSSR count). The minimum atomic E-state index is 0.844. The second-order valence-corrected chi connectivity index (χ2v) is 4.12. The summed E-state index contributed by atoms with van der Waals surface area (Å²) in [7, 11) is 0. The van der Waals surface area contributed by atoms with Gasteiger partial charge in [0.05, 0.1) is 0 Å². The lowest BCUT2D eigenvalue weighted by Crippen LogP contribution is -1.87. The predicted octanol–water partition coefficient (Wildman–Crippen LogP) is 3.33. The Kier molecular flexibility index (Phi) is 1.93. The van der Waals surface area contributed by atoms with Crippen molar-refractivity contribution in [2.24, 2.45) is 0 Å². The Bertz CT molecular complexity index is 468. The van der Waals surface area contributed by atoms with Crippen LogP contribution in [0.4, 0.5) is 0 Å². The van der Waals surface area contributed by atoms with Gasteiger partial charge in [0.1, 0.15) is 0 Å². The van der Waals surface area contributed by atoms with Crippen molar-refractivity contribution in [3.05, 3.63) is 34.2 Å². The second-order valence-electron chi connectivity index (χ2n) is 3.21. The number of hydrogen-bond acceptors (Lipinski definition) is 2. The van der Waals surface area contributed by atoms with Crippen LogP contribution in [0.5, 0.6) is 0 Å². The molecule has 0 fully saturated rings. The lowest BCUT2D eigenvalue weighted by molar-refractivity contribution is 0.112. The molecule has 0 atom stereocenters. The molecule has 0 amide bonds. The Morgan fingerprint density at radius 3 is 2.69 bits per heavy atom. The molecule has 0 spiro atoms. The number of carbonyl (C=O) groups is 1. The highest BCUT2D eigenvalue weighted by atomic mass is 32.1. The van der Waals surface area contributed by atoms with Gasteiger partial charge in [-0.05, 0) is 36.4 Å². The smallest absolute Gasteiger partial charge is 0.150 e. The number of thiophene rings is 1. The Morgan fingerprint density at radius 2 is 2.00 bits per heavy atom. The maximum atomic E-state index is 10.9. The third-order valence-corrected chi connectivity index (χ3v) is 3.37. The average molecular weight is 190 g/mol. The fourth-order valence-corrected chi connectivity index (χ4v) is 2.53. The molecule has 1 aromatic heterocycles. The van der Waals surface area contributed by atoms with Gasteiger partial charge in [0, 0.05) is 15.6 Å². The summed E-state index contributed by atoms with van der Waals surface area (Å²) in [6.07, 6.45) is 0.956. The van der Waals surface area contributed by atoms with Gasteiger partial charge in [-0.25, -0.2) is 0 Å². The van der Waals surface area contributed by atoms with E-state index >= 15 is 0 Å². The maximum Gasteiger partial charge on any atom is 0.150 e. The molecule has 0 aliphatic carbocycles. The van der Waals surface area contributed by atoms with E-state index < -0.39 is 0 Å². The van der Waals surface area contributed by atoms with E-state index in [4.69, 9.17) is 0 Å². The predicted molar refractivity (Wildman–Crippen MR) is 56.7 cm³/mol. The monoisotopic (exact) mass is 190 g/mol. The molecule has 0 radical (unpaired) electrons. The zero-order chi connectivity index (χ0) is 9.42. The fourth-order valence-electron chi connectivity index (χ4n) is 1.57. The zero-order valence-corrected chi connectivity index (χ0v) is 8.44. The normalized spacial score (nSPS) is 10.6. The first-order valence-electron chi connectivity index (χ1n) is 4.16. The topological polar surface area (TPSA) is 17.1 Å². The van der Waals surface area contributed by atoms with Gasteiger partial charge in [0.15, 0.2) is 6.29 Å². The molecule has 0 aliphatic heterocycles. The molecule has 2 heteroatoms. The van der Waals surface area contributed by atoms with Crippen molar-refractivity contribution in [2.45, 2.75) is 13.8 Å². The van der Waals surface area contributed by atoms with Gasteiger partial charge >= 0.3 is 0 Å². The molecular formula is C11H10OS. The lowest BCUT2D eigenvalue weighted by Gasteiger charge is -2.00. The highest BCUT2D eigenvalue weighted by Crippen LogP contribution is 2.29. The highest BCUT2D eigenvalue weighted by Gasteiger charge is 2.07. The van der Waals surface area contributed by atoms with E-state index in [1.807, 2.05) is 19.9 Å². The molecule has 13 heavy (non-hydrogen) atoms. The number of carbonyl (C=O) groups excluding carboxylic acids is 1. The third kappa shape index (κ3) is 1.18. The fraction of sp³-hybridized carbons (Fsp3) is 0.182. The van der Waals surface area contributed by atoms with E-state index in [2.05, 4.69) is 11.4 Å². The third-order valence-electron chi connectivity index (χ3n) is 2.30. The summed E-state index contributed by atoms with van der Waals surface area (Å²) in [6.45, 7) is 4.02. The summed E-state index contributed by atoms with van der Waals surface area (Å²) in [5.41, 5.74) is 3.10. The van der Waals surface area contributed by atoms with E-state index in [9.17, 15) is 4.79 Å². The Hall–Kier alpha value is -1.15. The summed E-state index contributed by atoms with van der Waals surface area (Å²) >= 11 is 1.69. The van der Waals surface area contributed by atoms with Gasteiger partial charge in [0.25, 0.3) is 0 Å². The summed E-state index contributed by atoms with van der Waals surface area (Å²) in [4.78, 5) is 10.9. The first kappa shape index (κ1) is 8.45. The van der Waals surface area contributed by atoms with Gasteiger partial charge in [-0.1, -0.05) is 6.07 Å². The summed E-state index contributed by atoms with van der Waals surface area (Å²) in [5.74, 6) is 0. The minimum Gasteiger partial charge on any atom is -0.298 e. The molecule has 0 bridgehead atoms.